The van der Waals surface area contributed by atoms with Gasteiger partial charge in [-0.25, -0.2) is 0 Å². The highest BCUT2D eigenvalue weighted by molar-refractivity contribution is 5.76. The van der Waals surface area contributed by atoms with Gasteiger partial charge in [0.1, 0.15) is 11.3 Å². The Hall–Kier alpha value is -1.75. The normalized spacial score (nSPS) is 17.8. The molecule has 17 heavy (non-hydrogen) atoms. The van der Waals surface area contributed by atoms with Crippen molar-refractivity contribution in [3.05, 3.63) is 18.2 Å². The van der Waals surface area contributed by atoms with Gasteiger partial charge in [0.15, 0.2) is 5.58 Å². The standard InChI is InChI=1S/C12H15N3O2/c1-14-4-6-15(7-5-14)12-13-10-3-2-9(16)8-11(10)17-12/h2-3,8,16H,4-7H2,1H3. The number of nitrogens with zero attached hydrogens (tertiary/aromatic N) is 3. The van der Waals surface area contributed by atoms with Crippen LogP contribution < -0.4 is 4.90 Å². The molecule has 0 unspecified atom stereocenters. The van der Waals surface area contributed by atoms with Crippen LogP contribution in [-0.2, 0) is 0 Å². The number of phenols is 1. The Labute approximate surface area is 99.3 Å². The molecule has 1 saturated heterocycles. The van der Waals surface area contributed by atoms with Crippen LogP contribution in [0.2, 0.25) is 0 Å². The van der Waals surface area contributed by atoms with Crippen LogP contribution in [0.4, 0.5) is 6.01 Å². The number of rotatable bonds is 1. The van der Waals surface area contributed by atoms with Crippen molar-refractivity contribution >= 4 is 17.1 Å². The molecule has 0 amide bonds. The van der Waals surface area contributed by atoms with Crippen molar-refractivity contribution in [1.82, 2.24) is 9.88 Å². The summed E-state index contributed by atoms with van der Waals surface area (Å²) in [5, 5.41) is 9.38. The second-order valence-electron chi connectivity index (χ2n) is 4.44. The first-order chi connectivity index (χ1) is 8.22. The summed E-state index contributed by atoms with van der Waals surface area (Å²) < 4.78 is 5.66. The molecule has 2 aromatic rings. The smallest absolute Gasteiger partial charge is 0.298 e. The van der Waals surface area contributed by atoms with Crippen LogP contribution >= 0.6 is 0 Å². The third-order valence-electron chi connectivity index (χ3n) is 3.13. The molecule has 0 atom stereocenters. The van der Waals surface area contributed by atoms with Gasteiger partial charge in [0.05, 0.1) is 0 Å². The number of fused-ring (bicyclic) bond motifs is 1. The number of hydrogen-bond acceptors (Lipinski definition) is 5. The third kappa shape index (κ3) is 1.93. The summed E-state index contributed by atoms with van der Waals surface area (Å²) in [4.78, 5) is 8.85. The molecule has 5 nitrogen and oxygen atoms in total. The Balaban J connectivity index is 1.90. The lowest BCUT2D eigenvalue weighted by molar-refractivity contribution is 0.305. The van der Waals surface area contributed by atoms with Gasteiger partial charge >= 0.3 is 0 Å². The Bertz CT molecular complexity index is 530. The zero-order valence-electron chi connectivity index (χ0n) is 9.76. The molecule has 1 N–H and O–H groups in total. The van der Waals surface area contributed by atoms with Gasteiger partial charge in [-0.05, 0) is 19.2 Å². The molecule has 0 saturated carbocycles. The second kappa shape index (κ2) is 3.92. The molecule has 1 fully saturated rings. The average molecular weight is 233 g/mol. The summed E-state index contributed by atoms with van der Waals surface area (Å²) in [6, 6.07) is 5.65. The Morgan fingerprint density at radius 2 is 2.00 bits per heavy atom. The molecule has 2 heterocycles. The molecule has 1 aromatic carbocycles. The fraction of sp³-hybridized carbons (Fsp3) is 0.417. The third-order valence-corrected chi connectivity index (χ3v) is 3.13. The van der Waals surface area contributed by atoms with Crippen LogP contribution in [0.15, 0.2) is 22.6 Å². The van der Waals surface area contributed by atoms with Crippen molar-refractivity contribution < 1.29 is 9.52 Å². The number of aromatic hydroxyl groups is 1. The first-order valence-electron chi connectivity index (χ1n) is 5.75. The van der Waals surface area contributed by atoms with Gasteiger partial charge in [-0.1, -0.05) is 0 Å². The van der Waals surface area contributed by atoms with Crippen LogP contribution in [0.25, 0.3) is 11.1 Å². The van der Waals surface area contributed by atoms with Crippen LogP contribution in [0, 0.1) is 0 Å². The highest BCUT2D eigenvalue weighted by atomic mass is 16.4. The van der Waals surface area contributed by atoms with E-state index in [4.69, 9.17) is 4.42 Å². The maximum atomic E-state index is 9.38. The molecule has 0 spiro atoms. The Morgan fingerprint density at radius 3 is 2.76 bits per heavy atom. The summed E-state index contributed by atoms with van der Waals surface area (Å²) in [5.74, 6) is 0.207. The van der Waals surface area contributed by atoms with Crippen molar-refractivity contribution in [2.75, 3.05) is 38.1 Å². The number of benzene rings is 1. The molecule has 1 aliphatic heterocycles. The number of hydrogen-bond donors (Lipinski definition) is 1. The van der Waals surface area contributed by atoms with E-state index in [2.05, 4.69) is 21.8 Å². The first kappa shape index (κ1) is 10.4. The number of likely N-dealkylation sites (N-methyl/N-ethyl adjacent to an activating group) is 1. The number of oxazole rings is 1. The van der Waals surface area contributed by atoms with E-state index < -0.39 is 0 Å². The molecule has 0 aliphatic carbocycles. The van der Waals surface area contributed by atoms with E-state index in [1.807, 2.05) is 0 Å². The van der Waals surface area contributed by atoms with E-state index in [1.54, 1.807) is 18.2 Å². The number of piperazine rings is 1. The van der Waals surface area contributed by atoms with Gasteiger partial charge in [-0.3, -0.25) is 0 Å². The summed E-state index contributed by atoms with van der Waals surface area (Å²) in [7, 11) is 2.11. The van der Waals surface area contributed by atoms with E-state index in [1.165, 1.54) is 0 Å². The minimum Gasteiger partial charge on any atom is -0.508 e. The number of aromatic nitrogens is 1. The SMILES string of the molecule is CN1CCN(c2nc3ccc(O)cc3o2)CC1. The topological polar surface area (TPSA) is 52.7 Å². The largest absolute Gasteiger partial charge is 0.508 e. The molecule has 1 aromatic heterocycles. The molecule has 1 aliphatic rings. The van der Waals surface area contributed by atoms with Gasteiger partial charge in [0.2, 0.25) is 0 Å². The van der Waals surface area contributed by atoms with Gasteiger partial charge in [-0.15, -0.1) is 0 Å². The summed E-state index contributed by atoms with van der Waals surface area (Å²) in [6.45, 7) is 3.89. The monoisotopic (exact) mass is 233 g/mol. The molecule has 3 rings (SSSR count). The molecule has 0 radical (unpaired) electrons. The quantitative estimate of drug-likeness (QED) is 0.804. The van der Waals surface area contributed by atoms with Crippen molar-refractivity contribution in [1.29, 1.82) is 0 Å². The maximum Gasteiger partial charge on any atom is 0.298 e. The number of phenolic OH excluding ortho intramolecular Hbond substituents is 1. The zero-order chi connectivity index (χ0) is 11.8. The highest BCUT2D eigenvalue weighted by Crippen LogP contribution is 2.25. The summed E-state index contributed by atoms with van der Waals surface area (Å²) in [5.41, 5.74) is 1.43. The van der Waals surface area contributed by atoms with E-state index in [9.17, 15) is 5.11 Å². The fourth-order valence-corrected chi connectivity index (χ4v) is 2.03. The summed E-state index contributed by atoms with van der Waals surface area (Å²) in [6.07, 6.45) is 0. The van der Waals surface area contributed by atoms with Gasteiger partial charge in [-0.2, -0.15) is 4.98 Å². The van der Waals surface area contributed by atoms with Gasteiger partial charge < -0.3 is 19.3 Å². The zero-order valence-corrected chi connectivity index (χ0v) is 9.76. The van der Waals surface area contributed by atoms with E-state index in [-0.39, 0.29) is 5.75 Å². The van der Waals surface area contributed by atoms with E-state index >= 15 is 0 Å². The van der Waals surface area contributed by atoms with E-state index in [0.29, 0.717) is 11.6 Å². The maximum absolute atomic E-state index is 9.38. The lowest BCUT2D eigenvalue weighted by Gasteiger charge is -2.31. The predicted octanol–water partition coefficient (Wildman–Crippen LogP) is 1.29. The van der Waals surface area contributed by atoms with Crippen LogP contribution in [0.1, 0.15) is 0 Å². The average Bonchev–Trinajstić information content (AvgIpc) is 2.72. The fourth-order valence-electron chi connectivity index (χ4n) is 2.03. The van der Waals surface area contributed by atoms with Gasteiger partial charge in [0, 0.05) is 32.2 Å². The van der Waals surface area contributed by atoms with Gasteiger partial charge in [0.25, 0.3) is 6.01 Å². The summed E-state index contributed by atoms with van der Waals surface area (Å²) >= 11 is 0. The minimum atomic E-state index is 0.207. The van der Waals surface area contributed by atoms with Crippen LogP contribution in [0.5, 0.6) is 5.75 Å². The highest BCUT2D eigenvalue weighted by Gasteiger charge is 2.18. The van der Waals surface area contributed by atoms with Crippen LogP contribution in [0.3, 0.4) is 0 Å². The molecule has 5 heteroatoms. The Kier molecular flexibility index (Phi) is 2.40. The first-order valence-corrected chi connectivity index (χ1v) is 5.75. The van der Waals surface area contributed by atoms with E-state index in [0.717, 1.165) is 31.7 Å². The molecule has 0 bridgehead atoms. The second-order valence-corrected chi connectivity index (χ2v) is 4.44. The van der Waals surface area contributed by atoms with Crippen molar-refractivity contribution in [3.8, 4) is 5.75 Å². The predicted molar refractivity (Wildman–Crippen MR) is 65.4 cm³/mol. The van der Waals surface area contributed by atoms with Crippen LogP contribution in [-0.4, -0.2) is 48.2 Å². The molecule has 90 valence electrons. The van der Waals surface area contributed by atoms with Crippen molar-refractivity contribution in [2.24, 2.45) is 0 Å². The molecular weight excluding hydrogens is 218 g/mol. The lowest BCUT2D eigenvalue weighted by atomic mass is 10.3. The van der Waals surface area contributed by atoms with Crippen molar-refractivity contribution in [2.45, 2.75) is 0 Å². The molecular formula is C12H15N3O2. The minimum absolute atomic E-state index is 0.207. The Morgan fingerprint density at radius 1 is 1.24 bits per heavy atom. The lowest BCUT2D eigenvalue weighted by Crippen LogP contribution is -2.44. The van der Waals surface area contributed by atoms with Crippen molar-refractivity contribution in [3.63, 3.8) is 0 Å². The number of anilines is 1.